The lowest BCUT2D eigenvalue weighted by Crippen LogP contribution is -2.37. The number of hydrogen-bond acceptors (Lipinski definition) is 3. The van der Waals surface area contributed by atoms with Crippen LogP contribution in [0.25, 0.3) is 10.8 Å². The van der Waals surface area contributed by atoms with E-state index in [4.69, 9.17) is 9.47 Å². The third-order valence-corrected chi connectivity index (χ3v) is 4.42. The molecule has 28 heavy (non-hydrogen) atoms. The monoisotopic (exact) mass is 377 g/mol. The average Bonchev–Trinajstić information content (AvgIpc) is 2.70. The summed E-state index contributed by atoms with van der Waals surface area (Å²) < 4.78 is 11.8. The van der Waals surface area contributed by atoms with Gasteiger partial charge in [0.2, 0.25) is 0 Å². The molecule has 3 rings (SSSR count). The first-order valence-corrected chi connectivity index (χ1v) is 9.74. The minimum absolute atomic E-state index is 0.114. The highest BCUT2D eigenvalue weighted by Crippen LogP contribution is 2.26. The molecule has 1 amide bonds. The van der Waals surface area contributed by atoms with E-state index in [0.717, 1.165) is 27.8 Å². The van der Waals surface area contributed by atoms with Crippen molar-refractivity contribution in [3.8, 4) is 11.5 Å². The van der Waals surface area contributed by atoms with Gasteiger partial charge >= 0.3 is 0 Å². The van der Waals surface area contributed by atoms with Gasteiger partial charge in [-0.25, -0.2) is 0 Å². The molecule has 0 unspecified atom stereocenters. The number of carbonyl (C=O) groups is 1. The third kappa shape index (κ3) is 5.03. The molecular weight excluding hydrogens is 350 g/mol. The number of rotatable bonds is 8. The molecule has 0 radical (unpaired) electrons. The van der Waals surface area contributed by atoms with E-state index in [0.29, 0.717) is 13.0 Å². The van der Waals surface area contributed by atoms with E-state index in [-0.39, 0.29) is 12.0 Å². The molecule has 0 aliphatic rings. The van der Waals surface area contributed by atoms with Crippen molar-refractivity contribution in [3.05, 3.63) is 72.3 Å². The van der Waals surface area contributed by atoms with Crippen molar-refractivity contribution in [2.75, 3.05) is 0 Å². The van der Waals surface area contributed by atoms with Crippen molar-refractivity contribution in [2.45, 2.75) is 45.9 Å². The van der Waals surface area contributed by atoms with Crippen LogP contribution >= 0.6 is 0 Å². The summed E-state index contributed by atoms with van der Waals surface area (Å²) in [4.78, 5) is 12.7. The molecule has 1 atom stereocenters. The first-order chi connectivity index (χ1) is 13.6. The molecule has 0 spiro atoms. The van der Waals surface area contributed by atoms with Gasteiger partial charge in [-0.3, -0.25) is 4.79 Å². The summed E-state index contributed by atoms with van der Waals surface area (Å²) in [7, 11) is 0. The van der Waals surface area contributed by atoms with Crippen molar-refractivity contribution < 1.29 is 14.3 Å². The van der Waals surface area contributed by atoms with Gasteiger partial charge in [-0.15, -0.1) is 0 Å². The smallest absolute Gasteiger partial charge is 0.261 e. The molecule has 0 aliphatic heterocycles. The van der Waals surface area contributed by atoms with Gasteiger partial charge in [0.15, 0.2) is 6.10 Å². The number of amides is 1. The van der Waals surface area contributed by atoms with Gasteiger partial charge in [-0.2, -0.15) is 0 Å². The Morgan fingerprint density at radius 1 is 0.964 bits per heavy atom. The Hall–Kier alpha value is -3.01. The summed E-state index contributed by atoms with van der Waals surface area (Å²) in [5.41, 5.74) is 0.992. The molecule has 0 aromatic heterocycles. The predicted molar refractivity (Wildman–Crippen MR) is 113 cm³/mol. The Bertz CT molecular complexity index is 931. The van der Waals surface area contributed by atoms with E-state index >= 15 is 0 Å². The summed E-state index contributed by atoms with van der Waals surface area (Å²) in [5.74, 6) is 1.42. The van der Waals surface area contributed by atoms with Crippen LogP contribution in [-0.4, -0.2) is 18.1 Å². The van der Waals surface area contributed by atoms with Crippen molar-refractivity contribution in [3.63, 3.8) is 0 Å². The van der Waals surface area contributed by atoms with Crippen LogP contribution in [0.4, 0.5) is 0 Å². The van der Waals surface area contributed by atoms with Crippen molar-refractivity contribution in [1.29, 1.82) is 0 Å². The van der Waals surface area contributed by atoms with Crippen LogP contribution in [0.15, 0.2) is 66.7 Å². The maximum atomic E-state index is 12.7. The summed E-state index contributed by atoms with van der Waals surface area (Å²) in [5, 5.41) is 5.08. The summed E-state index contributed by atoms with van der Waals surface area (Å²) in [6.45, 7) is 6.37. The first kappa shape index (κ1) is 19.7. The second kappa shape index (κ2) is 9.27. The van der Waals surface area contributed by atoms with Gasteiger partial charge in [0.05, 0.1) is 6.10 Å². The molecule has 0 saturated heterocycles. The highest BCUT2D eigenvalue weighted by molar-refractivity contribution is 5.89. The minimum Gasteiger partial charge on any atom is -0.491 e. The van der Waals surface area contributed by atoms with Crippen molar-refractivity contribution in [1.82, 2.24) is 5.32 Å². The number of benzene rings is 3. The van der Waals surface area contributed by atoms with Crippen LogP contribution in [0.2, 0.25) is 0 Å². The molecule has 0 bridgehead atoms. The molecule has 1 N–H and O–H groups in total. The molecule has 0 saturated carbocycles. The van der Waals surface area contributed by atoms with Gasteiger partial charge < -0.3 is 14.8 Å². The molecule has 0 fully saturated rings. The molecule has 0 aliphatic carbocycles. The molecular formula is C24H27NO3. The lowest BCUT2D eigenvalue weighted by Gasteiger charge is -2.19. The van der Waals surface area contributed by atoms with Crippen LogP contribution in [-0.2, 0) is 11.3 Å². The first-order valence-electron chi connectivity index (χ1n) is 9.74. The fraction of sp³-hybridized carbons (Fsp3) is 0.292. The molecule has 4 heteroatoms. The summed E-state index contributed by atoms with van der Waals surface area (Å²) >= 11 is 0. The van der Waals surface area contributed by atoms with Crippen molar-refractivity contribution >= 4 is 16.7 Å². The fourth-order valence-corrected chi connectivity index (χ4v) is 3.08. The Labute approximate surface area is 166 Å². The lowest BCUT2D eigenvalue weighted by molar-refractivity contribution is -0.128. The standard InChI is InChI=1S/C24H27NO3/c1-4-22(28-23-14-8-11-19-10-5-6-13-21(19)23)24(26)25-16-18-9-7-12-20(15-18)27-17(2)3/h5-15,17,22H,4,16H2,1-3H3,(H,25,26)/t22-/m0/s1. The fourth-order valence-electron chi connectivity index (χ4n) is 3.08. The molecule has 3 aromatic rings. The van der Waals surface area contributed by atoms with Crippen LogP contribution in [0.5, 0.6) is 11.5 Å². The van der Waals surface area contributed by atoms with Gasteiger partial charge in [-0.05, 0) is 49.4 Å². The molecule has 146 valence electrons. The van der Waals surface area contributed by atoms with Crippen LogP contribution < -0.4 is 14.8 Å². The quantitative estimate of drug-likeness (QED) is 0.594. The highest BCUT2D eigenvalue weighted by atomic mass is 16.5. The van der Waals surface area contributed by atoms with Gasteiger partial charge in [0, 0.05) is 11.9 Å². The summed E-state index contributed by atoms with van der Waals surface area (Å²) in [6, 6.07) is 21.7. The van der Waals surface area contributed by atoms with E-state index < -0.39 is 6.10 Å². The molecule has 3 aromatic carbocycles. The van der Waals surface area contributed by atoms with E-state index in [1.54, 1.807) is 0 Å². The minimum atomic E-state index is -0.541. The van der Waals surface area contributed by atoms with E-state index in [2.05, 4.69) is 5.32 Å². The average molecular weight is 377 g/mol. The van der Waals surface area contributed by atoms with E-state index in [9.17, 15) is 4.79 Å². The number of hydrogen-bond donors (Lipinski definition) is 1. The van der Waals surface area contributed by atoms with Crippen LogP contribution in [0.1, 0.15) is 32.8 Å². The number of carbonyl (C=O) groups excluding carboxylic acids is 1. The second-order valence-corrected chi connectivity index (χ2v) is 7.02. The Kier molecular flexibility index (Phi) is 6.53. The SMILES string of the molecule is CC[C@H](Oc1cccc2ccccc12)C(=O)NCc1cccc(OC(C)C)c1. The maximum Gasteiger partial charge on any atom is 0.261 e. The van der Waals surface area contributed by atoms with E-state index in [1.165, 1.54) is 0 Å². The second-order valence-electron chi connectivity index (χ2n) is 7.02. The van der Waals surface area contributed by atoms with Crippen LogP contribution in [0.3, 0.4) is 0 Å². The Balaban J connectivity index is 1.65. The Morgan fingerprint density at radius 2 is 1.71 bits per heavy atom. The Morgan fingerprint density at radius 3 is 2.50 bits per heavy atom. The number of fused-ring (bicyclic) bond motifs is 1. The number of nitrogens with one attached hydrogen (secondary N) is 1. The normalized spacial score (nSPS) is 12.0. The highest BCUT2D eigenvalue weighted by Gasteiger charge is 2.19. The number of ether oxygens (including phenoxy) is 2. The van der Waals surface area contributed by atoms with Gasteiger partial charge in [0.1, 0.15) is 11.5 Å². The van der Waals surface area contributed by atoms with Gasteiger partial charge in [0.25, 0.3) is 5.91 Å². The van der Waals surface area contributed by atoms with Crippen molar-refractivity contribution in [2.24, 2.45) is 0 Å². The zero-order chi connectivity index (χ0) is 19.9. The van der Waals surface area contributed by atoms with Gasteiger partial charge in [-0.1, -0.05) is 55.5 Å². The third-order valence-electron chi connectivity index (χ3n) is 4.42. The zero-order valence-electron chi connectivity index (χ0n) is 16.6. The maximum absolute atomic E-state index is 12.7. The largest absolute Gasteiger partial charge is 0.491 e. The topological polar surface area (TPSA) is 47.6 Å². The van der Waals surface area contributed by atoms with Crippen LogP contribution in [0, 0.1) is 0 Å². The lowest BCUT2D eigenvalue weighted by atomic mass is 10.1. The predicted octanol–water partition coefficient (Wildman–Crippen LogP) is 5.10. The van der Waals surface area contributed by atoms with E-state index in [1.807, 2.05) is 87.5 Å². The molecule has 0 heterocycles. The summed E-state index contributed by atoms with van der Waals surface area (Å²) in [6.07, 6.45) is 0.162. The zero-order valence-corrected chi connectivity index (χ0v) is 16.6. The molecule has 4 nitrogen and oxygen atoms in total.